The monoisotopic (exact) mass is 452 g/mol. The van der Waals surface area contributed by atoms with E-state index in [0.717, 1.165) is 34.3 Å². The maximum atomic E-state index is 5.89. The number of nitrogens with zero attached hydrogens (tertiary/aromatic N) is 1. The molecule has 0 aromatic heterocycles. The van der Waals surface area contributed by atoms with Gasteiger partial charge in [-0.1, -0.05) is 30.3 Å². The van der Waals surface area contributed by atoms with E-state index in [9.17, 15) is 0 Å². The van der Waals surface area contributed by atoms with E-state index in [1.807, 2.05) is 18.2 Å². The molecule has 1 heterocycles. The molecule has 0 amide bonds. The van der Waals surface area contributed by atoms with Gasteiger partial charge in [0.05, 0.1) is 12.2 Å². The van der Waals surface area contributed by atoms with Crippen molar-refractivity contribution in [1.29, 1.82) is 0 Å². The maximum Gasteiger partial charge on any atom is 0.145 e. The van der Waals surface area contributed by atoms with Crippen LogP contribution in [0.15, 0.2) is 63.4 Å². The minimum atomic E-state index is 0.651. The Morgan fingerprint density at radius 3 is 2.58 bits per heavy atom. The summed E-state index contributed by atoms with van der Waals surface area (Å²) in [6.07, 6.45) is 1.67. The molecule has 3 rings (SSSR count). The SMILES string of the molecule is Nc1c(Br)cc(OC=C2CN(Cc3ccccc3)CCO2)cc1Br. The van der Waals surface area contributed by atoms with Gasteiger partial charge in [-0.15, -0.1) is 0 Å². The highest BCUT2D eigenvalue weighted by atomic mass is 79.9. The van der Waals surface area contributed by atoms with E-state index in [4.69, 9.17) is 15.2 Å². The predicted octanol–water partition coefficient (Wildman–Crippen LogP) is 4.55. The van der Waals surface area contributed by atoms with Crippen molar-refractivity contribution in [2.75, 3.05) is 25.4 Å². The Balaban J connectivity index is 1.63. The Kier molecular flexibility index (Phi) is 5.81. The predicted molar refractivity (Wildman–Crippen MR) is 103 cm³/mol. The van der Waals surface area contributed by atoms with Crippen LogP contribution in [0.3, 0.4) is 0 Å². The lowest BCUT2D eigenvalue weighted by Crippen LogP contribution is -2.34. The van der Waals surface area contributed by atoms with Crippen LogP contribution in [0.5, 0.6) is 5.75 Å². The molecule has 0 aliphatic carbocycles. The number of anilines is 1. The van der Waals surface area contributed by atoms with Crippen molar-refractivity contribution < 1.29 is 9.47 Å². The summed E-state index contributed by atoms with van der Waals surface area (Å²) in [7, 11) is 0. The van der Waals surface area contributed by atoms with E-state index >= 15 is 0 Å². The van der Waals surface area contributed by atoms with Crippen molar-refractivity contribution in [1.82, 2.24) is 4.90 Å². The van der Waals surface area contributed by atoms with Crippen LogP contribution in [0.1, 0.15) is 5.56 Å². The van der Waals surface area contributed by atoms with Gasteiger partial charge in [0.2, 0.25) is 0 Å². The van der Waals surface area contributed by atoms with Gasteiger partial charge in [0.25, 0.3) is 0 Å². The van der Waals surface area contributed by atoms with Crippen LogP contribution in [0.4, 0.5) is 5.69 Å². The first-order valence-corrected chi connectivity index (χ1v) is 9.20. The minimum absolute atomic E-state index is 0.651. The summed E-state index contributed by atoms with van der Waals surface area (Å²) in [5, 5.41) is 0. The molecule has 1 aliphatic rings. The highest BCUT2D eigenvalue weighted by Gasteiger charge is 2.16. The van der Waals surface area contributed by atoms with Crippen molar-refractivity contribution in [3.05, 3.63) is 69.0 Å². The summed E-state index contributed by atoms with van der Waals surface area (Å²) in [6.45, 7) is 3.20. The number of rotatable bonds is 4. The summed E-state index contributed by atoms with van der Waals surface area (Å²) in [5.74, 6) is 1.51. The van der Waals surface area contributed by atoms with E-state index < -0.39 is 0 Å². The number of hydrogen-bond donors (Lipinski definition) is 1. The molecule has 1 fully saturated rings. The topological polar surface area (TPSA) is 47.7 Å². The summed E-state index contributed by atoms with van der Waals surface area (Å²) in [5.41, 5.74) is 7.83. The first-order valence-electron chi connectivity index (χ1n) is 7.61. The Morgan fingerprint density at radius 1 is 1.17 bits per heavy atom. The van der Waals surface area contributed by atoms with Crippen molar-refractivity contribution in [2.45, 2.75) is 6.54 Å². The molecule has 24 heavy (non-hydrogen) atoms. The van der Waals surface area contributed by atoms with Gasteiger partial charge in [0.15, 0.2) is 0 Å². The van der Waals surface area contributed by atoms with Crippen molar-refractivity contribution >= 4 is 37.5 Å². The third kappa shape index (κ3) is 4.53. The maximum absolute atomic E-state index is 5.89. The lowest BCUT2D eigenvalue weighted by Gasteiger charge is -2.28. The van der Waals surface area contributed by atoms with Gasteiger partial charge in [-0.25, -0.2) is 0 Å². The van der Waals surface area contributed by atoms with Crippen molar-refractivity contribution in [3.8, 4) is 5.75 Å². The van der Waals surface area contributed by atoms with Gasteiger partial charge in [-0.3, -0.25) is 4.90 Å². The Bertz CT molecular complexity index is 712. The molecule has 2 N–H and O–H groups in total. The average molecular weight is 454 g/mol. The standard InChI is InChI=1S/C18H18Br2N2O2/c19-16-8-14(9-17(20)18(16)21)24-12-15-11-22(6-7-23-15)10-13-4-2-1-3-5-13/h1-5,8-9,12H,6-7,10-11,21H2. The van der Waals surface area contributed by atoms with E-state index in [1.165, 1.54) is 5.56 Å². The number of benzene rings is 2. The zero-order valence-electron chi connectivity index (χ0n) is 13.0. The number of nitrogens with two attached hydrogens (primary N) is 1. The van der Waals surface area contributed by atoms with Gasteiger partial charge >= 0.3 is 0 Å². The number of morpholine rings is 1. The molecule has 2 aromatic rings. The van der Waals surface area contributed by atoms with Crippen LogP contribution in [0.2, 0.25) is 0 Å². The lowest BCUT2D eigenvalue weighted by molar-refractivity contribution is 0.0843. The van der Waals surface area contributed by atoms with Crippen LogP contribution in [-0.4, -0.2) is 24.6 Å². The summed E-state index contributed by atoms with van der Waals surface area (Å²) in [4.78, 5) is 2.34. The molecule has 0 spiro atoms. The Morgan fingerprint density at radius 2 is 1.88 bits per heavy atom. The second kappa shape index (κ2) is 8.05. The van der Waals surface area contributed by atoms with Gasteiger partial charge in [0, 0.05) is 22.0 Å². The van der Waals surface area contributed by atoms with Crippen LogP contribution >= 0.6 is 31.9 Å². The highest BCUT2D eigenvalue weighted by molar-refractivity contribution is 9.11. The Labute approximate surface area is 158 Å². The zero-order chi connectivity index (χ0) is 16.9. The normalized spacial score (nSPS) is 16.8. The smallest absolute Gasteiger partial charge is 0.145 e. The Hall–Kier alpha value is -1.50. The molecule has 0 radical (unpaired) electrons. The van der Waals surface area contributed by atoms with Crippen LogP contribution in [0, 0.1) is 0 Å². The highest BCUT2D eigenvalue weighted by Crippen LogP contribution is 2.33. The molecule has 0 saturated carbocycles. The van der Waals surface area contributed by atoms with E-state index in [0.29, 0.717) is 18.0 Å². The van der Waals surface area contributed by atoms with E-state index in [2.05, 4.69) is 61.0 Å². The van der Waals surface area contributed by atoms with E-state index in [-0.39, 0.29) is 0 Å². The molecule has 1 aliphatic heterocycles. The van der Waals surface area contributed by atoms with Crippen LogP contribution in [-0.2, 0) is 11.3 Å². The fraction of sp³-hybridized carbons (Fsp3) is 0.222. The molecule has 0 atom stereocenters. The first kappa shape index (κ1) is 17.3. The van der Waals surface area contributed by atoms with Gasteiger partial charge in [-0.05, 0) is 49.6 Å². The number of hydrogen-bond acceptors (Lipinski definition) is 4. The number of halogens is 2. The zero-order valence-corrected chi connectivity index (χ0v) is 16.2. The first-order chi connectivity index (χ1) is 11.6. The molecule has 2 aromatic carbocycles. The second-order valence-electron chi connectivity index (χ2n) is 5.55. The molecule has 6 heteroatoms. The van der Waals surface area contributed by atoms with Gasteiger partial charge < -0.3 is 15.2 Å². The largest absolute Gasteiger partial charge is 0.492 e. The van der Waals surface area contributed by atoms with Crippen molar-refractivity contribution in [2.24, 2.45) is 0 Å². The number of nitrogen functional groups attached to an aromatic ring is 1. The average Bonchev–Trinajstić information content (AvgIpc) is 2.59. The molecule has 0 unspecified atom stereocenters. The summed E-state index contributed by atoms with van der Waals surface area (Å²) in [6, 6.07) is 14.1. The van der Waals surface area contributed by atoms with Crippen LogP contribution in [0.25, 0.3) is 0 Å². The molecular formula is C18H18Br2N2O2. The minimum Gasteiger partial charge on any atom is -0.492 e. The van der Waals surface area contributed by atoms with Crippen molar-refractivity contribution in [3.63, 3.8) is 0 Å². The van der Waals surface area contributed by atoms with Crippen LogP contribution < -0.4 is 10.5 Å². The van der Waals surface area contributed by atoms with E-state index in [1.54, 1.807) is 6.26 Å². The molecule has 4 nitrogen and oxygen atoms in total. The lowest BCUT2D eigenvalue weighted by atomic mass is 10.2. The fourth-order valence-corrected chi connectivity index (χ4v) is 3.61. The molecular weight excluding hydrogens is 436 g/mol. The summed E-state index contributed by atoms with van der Waals surface area (Å²) >= 11 is 6.83. The third-order valence-electron chi connectivity index (χ3n) is 3.70. The molecule has 126 valence electrons. The third-order valence-corrected chi connectivity index (χ3v) is 5.01. The molecule has 0 bridgehead atoms. The quantitative estimate of drug-likeness (QED) is 0.545. The summed E-state index contributed by atoms with van der Waals surface area (Å²) < 4.78 is 13.0. The second-order valence-corrected chi connectivity index (χ2v) is 7.26. The number of ether oxygens (including phenoxy) is 2. The van der Waals surface area contributed by atoms with Gasteiger partial charge in [-0.2, -0.15) is 0 Å². The molecule has 1 saturated heterocycles. The van der Waals surface area contributed by atoms with Gasteiger partial charge in [0.1, 0.15) is 24.4 Å². The fourth-order valence-electron chi connectivity index (χ4n) is 2.46.